The standard InChI is InChI=1S/C32H48FN3O3.C2HF3O2/c1-4-5-11-28-32(39-31(38)36(28)22-25-9-7-6-8-10-25)14-18-34(19-15-32)27-12-16-35(17-13-27)30(37)29-23(2)20-26(33)21-24(29)3;3-2(4,5)1(6)7/h20-21,25,27-28H,4-19,22H2,1-3H3;(H,6,7). The SMILES string of the molecule is CCCCC1N(CC2CCCCC2)C(=O)OC12CCN(C1CCN(C(=O)c3c(C)cc(F)cc3C)CC1)CC2.O=C(O)C(F)(F)F. The zero-order valence-electron chi connectivity index (χ0n) is 27.3. The van der Waals surface area contributed by atoms with Crippen LogP contribution >= 0.6 is 0 Å². The molecule has 258 valence electrons. The van der Waals surface area contributed by atoms with Gasteiger partial charge >= 0.3 is 18.2 Å². The molecule has 1 aromatic carbocycles. The lowest BCUT2D eigenvalue weighted by Gasteiger charge is -2.46. The molecule has 12 heteroatoms. The summed E-state index contributed by atoms with van der Waals surface area (Å²) in [6.07, 6.45) is 8.26. The van der Waals surface area contributed by atoms with Gasteiger partial charge in [-0.2, -0.15) is 13.2 Å². The van der Waals surface area contributed by atoms with E-state index >= 15 is 0 Å². The third-order valence-corrected chi connectivity index (χ3v) is 10.4. The first-order valence-electron chi connectivity index (χ1n) is 16.9. The number of carbonyl (C=O) groups excluding carboxylic acids is 2. The number of amides is 2. The molecule has 1 spiro atoms. The topological polar surface area (TPSA) is 90.4 Å². The Morgan fingerprint density at radius 3 is 2.07 bits per heavy atom. The Kier molecular flexibility index (Phi) is 12.0. The zero-order valence-corrected chi connectivity index (χ0v) is 27.3. The first-order chi connectivity index (χ1) is 21.8. The van der Waals surface area contributed by atoms with Gasteiger partial charge in [-0.05, 0) is 75.1 Å². The largest absolute Gasteiger partial charge is 0.490 e. The molecule has 1 saturated carbocycles. The molecule has 5 rings (SSSR count). The molecule has 2 amide bonds. The minimum atomic E-state index is -5.08. The van der Waals surface area contributed by atoms with Crippen LogP contribution in [0.25, 0.3) is 0 Å². The van der Waals surface area contributed by atoms with Crippen molar-refractivity contribution in [1.29, 1.82) is 0 Å². The van der Waals surface area contributed by atoms with Crippen molar-refractivity contribution in [2.45, 2.75) is 122 Å². The van der Waals surface area contributed by atoms with Gasteiger partial charge in [0.05, 0.1) is 6.04 Å². The van der Waals surface area contributed by atoms with Gasteiger partial charge in [-0.15, -0.1) is 0 Å². The number of aryl methyl sites for hydroxylation is 2. The molecule has 4 fully saturated rings. The number of benzene rings is 1. The molecule has 3 saturated heterocycles. The van der Waals surface area contributed by atoms with Crippen molar-refractivity contribution in [3.05, 3.63) is 34.6 Å². The number of carboxylic acids is 1. The molecule has 46 heavy (non-hydrogen) atoms. The maximum Gasteiger partial charge on any atom is 0.490 e. The number of hydrogen-bond donors (Lipinski definition) is 1. The highest BCUT2D eigenvalue weighted by atomic mass is 19.4. The highest BCUT2D eigenvalue weighted by Gasteiger charge is 2.55. The summed E-state index contributed by atoms with van der Waals surface area (Å²) in [6.45, 7) is 10.1. The number of carbonyl (C=O) groups is 3. The van der Waals surface area contributed by atoms with Crippen LogP contribution in [0, 0.1) is 25.6 Å². The van der Waals surface area contributed by atoms with Crippen LogP contribution in [0.1, 0.15) is 105 Å². The van der Waals surface area contributed by atoms with Crippen LogP contribution < -0.4 is 0 Å². The second-order valence-electron chi connectivity index (χ2n) is 13.5. The Bertz CT molecular complexity index is 1200. The molecule has 0 aromatic heterocycles. The molecule has 0 radical (unpaired) electrons. The van der Waals surface area contributed by atoms with Gasteiger partial charge in [0.1, 0.15) is 11.4 Å². The van der Waals surface area contributed by atoms with Crippen molar-refractivity contribution in [2.24, 2.45) is 5.92 Å². The molecule has 0 bridgehead atoms. The van der Waals surface area contributed by atoms with Gasteiger partial charge in [-0.3, -0.25) is 9.69 Å². The number of aliphatic carboxylic acids is 1. The van der Waals surface area contributed by atoms with E-state index in [1.165, 1.54) is 44.2 Å². The number of alkyl halides is 3. The number of carboxylic acid groups (broad SMARTS) is 1. The highest BCUT2D eigenvalue weighted by Crippen LogP contribution is 2.43. The molecule has 3 heterocycles. The smallest absolute Gasteiger partial charge is 0.475 e. The lowest BCUT2D eigenvalue weighted by molar-refractivity contribution is -0.192. The number of ether oxygens (including phenoxy) is 1. The monoisotopic (exact) mass is 655 g/mol. The van der Waals surface area contributed by atoms with Crippen molar-refractivity contribution < 1.29 is 41.8 Å². The Labute approximate surface area is 269 Å². The summed E-state index contributed by atoms with van der Waals surface area (Å²) in [5.41, 5.74) is 1.73. The van der Waals surface area contributed by atoms with Gasteiger partial charge in [0, 0.05) is 57.2 Å². The van der Waals surface area contributed by atoms with E-state index in [9.17, 15) is 27.2 Å². The predicted molar refractivity (Wildman–Crippen MR) is 165 cm³/mol. The summed E-state index contributed by atoms with van der Waals surface area (Å²) in [4.78, 5) is 42.0. The van der Waals surface area contributed by atoms with Gasteiger partial charge < -0.3 is 19.6 Å². The maximum absolute atomic E-state index is 13.8. The summed E-state index contributed by atoms with van der Waals surface area (Å²) in [6, 6.07) is 3.56. The Hall–Kier alpha value is -2.89. The van der Waals surface area contributed by atoms with Gasteiger partial charge in [-0.25, -0.2) is 14.0 Å². The lowest BCUT2D eigenvalue weighted by Crippen LogP contribution is -2.56. The molecule has 8 nitrogen and oxygen atoms in total. The second-order valence-corrected chi connectivity index (χ2v) is 13.5. The highest BCUT2D eigenvalue weighted by molar-refractivity contribution is 5.97. The number of hydrogen-bond acceptors (Lipinski definition) is 5. The summed E-state index contributed by atoms with van der Waals surface area (Å²) in [7, 11) is 0. The van der Waals surface area contributed by atoms with Gasteiger partial charge in [0.2, 0.25) is 0 Å². The fourth-order valence-electron chi connectivity index (χ4n) is 7.92. The van der Waals surface area contributed by atoms with Gasteiger partial charge in [0.15, 0.2) is 0 Å². The number of piperidine rings is 2. The van der Waals surface area contributed by atoms with Gasteiger partial charge in [-0.1, -0.05) is 39.0 Å². The van der Waals surface area contributed by atoms with Crippen LogP contribution in [0.2, 0.25) is 0 Å². The normalized spacial score (nSPS) is 22.8. The molecule has 3 aliphatic heterocycles. The molecule has 1 aromatic rings. The minimum absolute atomic E-state index is 0.0238. The third-order valence-electron chi connectivity index (χ3n) is 10.4. The van der Waals surface area contributed by atoms with E-state index in [4.69, 9.17) is 14.6 Å². The molecular weight excluding hydrogens is 606 g/mol. The van der Waals surface area contributed by atoms with E-state index in [1.807, 2.05) is 18.7 Å². The van der Waals surface area contributed by atoms with Crippen LogP contribution in [0.4, 0.5) is 22.4 Å². The number of nitrogens with zero attached hydrogens (tertiary/aromatic N) is 3. The number of unbranched alkanes of at least 4 members (excludes halogenated alkanes) is 1. The van der Waals surface area contributed by atoms with Crippen molar-refractivity contribution in [2.75, 3.05) is 32.7 Å². The third kappa shape index (κ3) is 8.52. The molecule has 4 aliphatic rings. The van der Waals surface area contributed by atoms with E-state index in [2.05, 4.69) is 16.7 Å². The summed E-state index contributed by atoms with van der Waals surface area (Å²) < 4.78 is 51.8. The first-order valence-corrected chi connectivity index (χ1v) is 16.9. The Morgan fingerprint density at radius 1 is 0.978 bits per heavy atom. The molecular formula is C34H49F4N3O5. The van der Waals surface area contributed by atoms with Crippen LogP contribution in [0.5, 0.6) is 0 Å². The quantitative estimate of drug-likeness (QED) is 0.315. The lowest BCUT2D eigenvalue weighted by atomic mass is 9.80. The summed E-state index contributed by atoms with van der Waals surface area (Å²) >= 11 is 0. The van der Waals surface area contributed by atoms with Crippen molar-refractivity contribution in [3.8, 4) is 0 Å². The second kappa shape index (κ2) is 15.3. The molecule has 1 atom stereocenters. The zero-order chi connectivity index (χ0) is 33.6. The van der Waals surface area contributed by atoms with E-state index in [0.717, 1.165) is 77.7 Å². The van der Waals surface area contributed by atoms with E-state index < -0.39 is 12.1 Å². The van der Waals surface area contributed by atoms with E-state index in [0.29, 0.717) is 28.7 Å². The first kappa shape index (κ1) is 36.0. The Balaban J connectivity index is 0.000000617. The number of halogens is 4. The summed E-state index contributed by atoms with van der Waals surface area (Å²) in [5, 5.41) is 7.12. The van der Waals surface area contributed by atoms with Crippen LogP contribution in [0.15, 0.2) is 12.1 Å². The minimum Gasteiger partial charge on any atom is -0.475 e. The predicted octanol–water partition coefficient (Wildman–Crippen LogP) is 7.11. The average Bonchev–Trinajstić information content (AvgIpc) is 3.25. The summed E-state index contributed by atoms with van der Waals surface area (Å²) in [5.74, 6) is -2.39. The van der Waals surface area contributed by atoms with Crippen LogP contribution in [-0.4, -0.2) is 94.4 Å². The average molecular weight is 656 g/mol. The van der Waals surface area contributed by atoms with Crippen molar-refractivity contribution in [1.82, 2.24) is 14.7 Å². The van der Waals surface area contributed by atoms with Crippen molar-refractivity contribution in [3.63, 3.8) is 0 Å². The van der Waals surface area contributed by atoms with Crippen LogP contribution in [-0.2, 0) is 9.53 Å². The molecule has 1 N–H and O–H groups in total. The van der Waals surface area contributed by atoms with Gasteiger partial charge in [0.25, 0.3) is 5.91 Å². The molecule has 1 aliphatic carbocycles. The molecule has 1 unspecified atom stereocenters. The van der Waals surface area contributed by atoms with E-state index in [1.54, 1.807) is 0 Å². The van der Waals surface area contributed by atoms with Crippen molar-refractivity contribution >= 4 is 18.0 Å². The Morgan fingerprint density at radius 2 is 1.54 bits per heavy atom. The van der Waals surface area contributed by atoms with E-state index in [-0.39, 0.29) is 29.5 Å². The number of likely N-dealkylation sites (tertiary alicyclic amines) is 2. The fourth-order valence-corrected chi connectivity index (χ4v) is 7.92. The maximum atomic E-state index is 13.8. The van der Waals surface area contributed by atoms with Crippen LogP contribution in [0.3, 0.4) is 0 Å². The number of rotatable bonds is 7. The fraction of sp³-hybridized carbons (Fsp3) is 0.735.